The van der Waals surface area contributed by atoms with Crippen molar-refractivity contribution >= 4 is 17.3 Å². The van der Waals surface area contributed by atoms with E-state index in [2.05, 4.69) is 35.2 Å². The van der Waals surface area contributed by atoms with Crippen LogP contribution in [0.4, 0.5) is 5.95 Å². The van der Waals surface area contributed by atoms with Gasteiger partial charge in [0.2, 0.25) is 5.95 Å². The van der Waals surface area contributed by atoms with E-state index in [0.29, 0.717) is 0 Å². The van der Waals surface area contributed by atoms with Crippen LogP contribution in [0, 0.1) is 6.92 Å². The third-order valence-electron chi connectivity index (χ3n) is 3.00. The van der Waals surface area contributed by atoms with Crippen molar-refractivity contribution < 1.29 is 0 Å². The molecule has 0 radical (unpaired) electrons. The lowest BCUT2D eigenvalue weighted by Gasteiger charge is -2.33. The van der Waals surface area contributed by atoms with Crippen molar-refractivity contribution in [1.82, 2.24) is 30.3 Å². The molecule has 1 aliphatic rings. The molecule has 0 aliphatic carbocycles. The molecule has 0 saturated carbocycles. The molecule has 0 unspecified atom stereocenters. The Morgan fingerprint density at radius 2 is 2.11 bits per heavy atom. The van der Waals surface area contributed by atoms with Crippen molar-refractivity contribution in [3.05, 3.63) is 16.3 Å². The molecule has 1 fully saturated rings. The summed E-state index contributed by atoms with van der Waals surface area (Å²) in [4.78, 5) is 8.79. The first-order valence-corrected chi connectivity index (χ1v) is 6.74. The zero-order valence-corrected chi connectivity index (χ0v) is 11.0. The second kappa shape index (κ2) is 4.99. The minimum atomic E-state index is 0.862. The maximum atomic E-state index is 4.17. The molecule has 8 heteroatoms. The summed E-state index contributed by atoms with van der Waals surface area (Å²) in [6.45, 7) is 6.84. The molecule has 2 aromatic rings. The van der Waals surface area contributed by atoms with Crippen molar-refractivity contribution in [3.8, 4) is 0 Å². The highest BCUT2D eigenvalue weighted by molar-refractivity contribution is 7.11. The highest BCUT2D eigenvalue weighted by Gasteiger charge is 2.19. The Balaban J connectivity index is 1.54. The van der Waals surface area contributed by atoms with E-state index in [1.807, 2.05) is 6.92 Å². The van der Waals surface area contributed by atoms with Crippen LogP contribution in [0.2, 0.25) is 0 Å². The van der Waals surface area contributed by atoms with Gasteiger partial charge in [-0.25, -0.2) is 5.10 Å². The van der Waals surface area contributed by atoms with E-state index in [1.54, 1.807) is 17.7 Å². The second-order valence-corrected chi connectivity index (χ2v) is 5.55. The van der Waals surface area contributed by atoms with Crippen LogP contribution < -0.4 is 4.90 Å². The van der Waals surface area contributed by atoms with Gasteiger partial charge in [0.05, 0.1) is 6.54 Å². The van der Waals surface area contributed by atoms with Crippen LogP contribution in [0.1, 0.15) is 10.0 Å². The van der Waals surface area contributed by atoms with E-state index in [0.717, 1.165) is 48.7 Å². The third kappa shape index (κ3) is 2.49. The van der Waals surface area contributed by atoms with Crippen molar-refractivity contribution in [1.29, 1.82) is 0 Å². The Morgan fingerprint density at radius 3 is 2.72 bits per heavy atom. The van der Waals surface area contributed by atoms with Crippen molar-refractivity contribution in [2.45, 2.75) is 13.5 Å². The molecule has 0 aromatic carbocycles. The van der Waals surface area contributed by atoms with E-state index >= 15 is 0 Å². The molecule has 3 rings (SSSR count). The van der Waals surface area contributed by atoms with Gasteiger partial charge in [0.15, 0.2) is 0 Å². The number of anilines is 1. The van der Waals surface area contributed by atoms with Gasteiger partial charge in [-0.05, 0) is 6.92 Å². The van der Waals surface area contributed by atoms with Gasteiger partial charge in [0.25, 0.3) is 0 Å². The molecule has 1 aliphatic heterocycles. The average molecular weight is 265 g/mol. The number of hydrogen-bond donors (Lipinski definition) is 1. The smallest absolute Gasteiger partial charge is 0.221 e. The Bertz CT molecular complexity index is 486. The number of aromatic nitrogens is 5. The lowest BCUT2D eigenvalue weighted by atomic mass is 10.3. The van der Waals surface area contributed by atoms with Crippen LogP contribution in [-0.4, -0.2) is 56.5 Å². The highest BCUT2D eigenvalue weighted by atomic mass is 32.1. The SMILES string of the molecule is Cc1nnc(CN2CCN(c3ncn[nH]3)CC2)s1. The fourth-order valence-electron chi connectivity index (χ4n) is 2.06. The van der Waals surface area contributed by atoms with E-state index < -0.39 is 0 Å². The van der Waals surface area contributed by atoms with Crippen LogP contribution >= 0.6 is 11.3 Å². The average Bonchev–Trinajstić information content (AvgIpc) is 3.02. The first-order valence-electron chi connectivity index (χ1n) is 5.93. The van der Waals surface area contributed by atoms with E-state index in [1.165, 1.54) is 0 Å². The summed E-state index contributed by atoms with van der Waals surface area (Å²) in [7, 11) is 0. The topological polar surface area (TPSA) is 73.8 Å². The Morgan fingerprint density at radius 1 is 1.28 bits per heavy atom. The largest absolute Gasteiger partial charge is 0.339 e. The van der Waals surface area contributed by atoms with E-state index in [9.17, 15) is 0 Å². The molecule has 0 bridgehead atoms. The van der Waals surface area contributed by atoms with Crippen molar-refractivity contribution in [3.63, 3.8) is 0 Å². The van der Waals surface area contributed by atoms with Crippen LogP contribution in [0.5, 0.6) is 0 Å². The third-order valence-corrected chi connectivity index (χ3v) is 3.82. The Hall–Kier alpha value is -1.54. The summed E-state index contributed by atoms with van der Waals surface area (Å²) < 4.78 is 0. The summed E-state index contributed by atoms with van der Waals surface area (Å²) in [5, 5.41) is 17.1. The van der Waals surface area contributed by atoms with Crippen molar-refractivity contribution in [2.75, 3.05) is 31.1 Å². The molecule has 96 valence electrons. The number of hydrogen-bond acceptors (Lipinski definition) is 7. The Kier molecular flexibility index (Phi) is 3.20. The zero-order valence-electron chi connectivity index (χ0n) is 10.2. The van der Waals surface area contributed by atoms with Crippen LogP contribution in [-0.2, 0) is 6.54 Å². The van der Waals surface area contributed by atoms with Crippen LogP contribution in [0.25, 0.3) is 0 Å². The molecule has 0 amide bonds. The Labute approximate surface area is 109 Å². The standard InChI is InChI=1S/C10H15N7S/c1-8-13-14-9(18-8)6-16-2-4-17(5-3-16)10-11-7-12-15-10/h7H,2-6H2,1H3,(H,11,12,15). The number of piperazine rings is 1. The molecular formula is C10H15N7S. The maximum Gasteiger partial charge on any atom is 0.221 e. The van der Waals surface area contributed by atoms with Crippen LogP contribution in [0.15, 0.2) is 6.33 Å². The minimum absolute atomic E-state index is 0.862. The number of nitrogens with zero attached hydrogens (tertiary/aromatic N) is 6. The first-order chi connectivity index (χ1) is 8.81. The monoisotopic (exact) mass is 265 g/mol. The fourth-order valence-corrected chi connectivity index (χ4v) is 2.81. The predicted molar refractivity (Wildman–Crippen MR) is 68.5 cm³/mol. The van der Waals surface area contributed by atoms with Gasteiger partial charge in [-0.2, -0.15) is 10.1 Å². The number of H-pyrrole nitrogens is 1. The van der Waals surface area contributed by atoms with Gasteiger partial charge in [0, 0.05) is 26.2 Å². The van der Waals surface area contributed by atoms with Gasteiger partial charge in [-0.3, -0.25) is 4.90 Å². The first kappa shape index (κ1) is 11.5. The van der Waals surface area contributed by atoms with Gasteiger partial charge < -0.3 is 4.90 Å². The fraction of sp³-hybridized carbons (Fsp3) is 0.600. The molecule has 7 nitrogen and oxygen atoms in total. The van der Waals surface area contributed by atoms with Gasteiger partial charge in [-0.1, -0.05) is 0 Å². The van der Waals surface area contributed by atoms with Gasteiger partial charge in [-0.15, -0.1) is 21.5 Å². The lowest BCUT2D eigenvalue weighted by Crippen LogP contribution is -2.46. The van der Waals surface area contributed by atoms with E-state index in [4.69, 9.17) is 0 Å². The second-order valence-electron chi connectivity index (χ2n) is 4.29. The number of aryl methyl sites for hydroxylation is 1. The number of rotatable bonds is 3. The maximum absolute atomic E-state index is 4.17. The summed E-state index contributed by atoms with van der Waals surface area (Å²) in [5.41, 5.74) is 0. The molecule has 3 heterocycles. The summed E-state index contributed by atoms with van der Waals surface area (Å²) in [6.07, 6.45) is 1.55. The molecule has 0 atom stereocenters. The minimum Gasteiger partial charge on any atom is -0.339 e. The molecule has 1 N–H and O–H groups in total. The van der Waals surface area contributed by atoms with Gasteiger partial charge >= 0.3 is 0 Å². The van der Waals surface area contributed by atoms with Crippen molar-refractivity contribution in [2.24, 2.45) is 0 Å². The molecule has 1 saturated heterocycles. The number of nitrogens with one attached hydrogen (secondary N) is 1. The summed E-state index contributed by atoms with van der Waals surface area (Å²) in [5.74, 6) is 0.862. The van der Waals surface area contributed by atoms with E-state index in [-0.39, 0.29) is 0 Å². The van der Waals surface area contributed by atoms with Gasteiger partial charge in [0.1, 0.15) is 16.3 Å². The lowest BCUT2D eigenvalue weighted by molar-refractivity contribution is 0.248. The zero-order chi connectivity index (χ0) is 12.4. The molecular weight excluding hydrogens is 250 g/mol. The number of aromatic amines is 1. The molecule has 2 aromatic heterocycles. The normalized spacial score (nSPS) is 17.3. The summed E-state index contributed by atoms with van der Waals surface area (Å²) >= 11 is 1.67. The van der Waals surface area contributed by atoms with Crippen LogP contribution in [0.3, 0.4) is 0 Å². The quantitative estimate of drug-likeness (QED) is 0.859. The molecule has 0 spiro atoms. The highest BCUT2D eigenvalue weighted by Crippen LogP contribution is 2.14. The predicted octanol–water partition coefficient (Wildman–Crippen LogP) is 0.287. The molecule has 18 heavy (non-hydrogen) atoms. The summed E-state index contributed by atoms with van der Waals surface area (Å²) in [6, 6.07) is 0.